The van der Waals surface area contributed by atoms with E-state index in [4.69, 9.17) is 33.1 Å². The van der Waals surface area contributed by atoms with Gasteiger partial charge in [-0.2, -0.15) is 10.5 Å². The standard InChI is InChI=1S/C60H30N12/c1-63-40-23-38(31-66-33-40)51-8-4-11-54(70-51)47-25-46(53-10-3-7-50(69-53)37-21-36(28-62)29-65-30-37)42-17-18-45-49(56-13-6-14-57(72-56)58-22-35(27-61)19-20-68-58)26-48(44-16-15-43(47)59(42)60(44)45)55-12-5-9-52(71-55)39-24-41(64-2)34-67-32-39/h3-26,29-34H. The van der Waals surface area contributed by atoms with Crippen LogP contribution in [-0.2, 0) is 0 Å². The molecular formula is C60H30N12. The van der Waals surface area contributed by atoms with Crippen LogP contribution in [0.1, 0.15) is 11.1 Å². The zero-order valence-corrected chi connectivity index (χ0v) is 37.7. The molecule has 72 heavy (non-hydrogen) atoms. The fourth-order valence-corrected chi connectivity index (χ4v) is 9.34. The minimum absolute atomic E-state index is 0.415. The Labute approximate surface area is 411 Å². The molecule has 0 unspecified atom stereocenters. The molecule has 0 aliphatic heterocycles. The van der Waals surface area contributed by atoms with Crippen LogP contribution in [0.25, 0.3) is 132 Å². The summed E-state index contributed by atoms with van der Waals surface area (Å²) in [7, 11) is 0. The lowest BCUT2D eigenvalue weighted by molar-refractivity contribution is 1.24. The molecule has 0 saturated carbocycles. The molecule has 0 aliphatic rings. The maximum atomic E-state index is 9.75. The fourth-order valence-electron chi connectivity index (χ4n) is 9.34. The summed E-state index contributed by atoms with van der Waals surface area (Å²) in [6, 6.07) is 49.4. The van der Waals surface area contributed by atoms with Crippen molar-refractivity contribution < 1.29 is 0 Å². The largest absolute Gasteiger partial charge is 0.276 e. The van der Waals surface area contributed by atoms with Gasteiger partial charge in [0.15, 0.2) is 0 Å². The molecule has 0 fully saturated rings. The van der Waals surface area contributed by atoms with Crippen LogP contribution in [0, 0.1) is 35.8 Å². The summed E-state index contributed by atoms with van der Waals surface area (Å²) in [4.78, 5) is 45.8. The average molecular weight is 919 g/mol. The third-order valence-corrected chi connectivity index (χ3v) is 12.6. The van der Waals surface area contributed by atoms with Gasteiger partial charge in [-0.3, -0.25) is 19.9 Å². The number of rotatable bonds is 8. The molecule has 12 nitrogen and oxygen atoms in total. The van der Waals surface area contributed by atoms with Gasteiger partial charge in [-0.15, -0.1) is 0 Å². The third kappa shape index (κ3) is 7.49. The summed E-state index contributed by atoms with van der Waals surface area (Å²) in [5.41, 5.74) is 13.2. The van der Waals surface area contributed by atoms with E-state index in [-0.39, 0.29) is 0 Å². The van der Waals surface area contributed by atoms with Crippen LogP contribution < -0.4 is 0 Å². The Hall–Kier alpha value is -10.9. The molecule has 8 aromatic heterocycles. The zero-order valence-electron chi connectivity index (χ0n) is 37.7. The van der Waals surface area contributed by atoms with Gasteiger partial charge in [0.25, 0.3) is 0 Å². The van der Waals surface area contributed by atoms with E-state index in [0.29, 0.717) is 79.3 Å². The van der Waals surface area contributed by atoms with Gasteiger partial charge in [-0.05, 0) is 123 Å². The van der Waals surface area contributed by atoms with Gasteiger partial charge in [0.2, 0.25) is 11.4 Å². The number of aromatic nitrogens is 8. The Morgan fingerprint density at radius 1 is 0.361 bits per heavy atom. The van der Waals surface area contributed by atoms with E-state index >= 15 is 0 Å². The first kappa shape index (κ1) is 42.4. The topological polar surface area (TPSA) is 159 Å². The predicted molar refractivity (Wildman–Crippen MR) is 278 cm³/mol. The second-order valence-corrected chi connectivity index (χ2v) is 16.8. The van der Waals surface area contributed by atoms with Crippen LogP contribution in [0.5, 0.6) is 0 Å². The molecule has 0 saturated heterocycles. The first-order valence-electron chi connectivity index (χ1n) is 22.5. The molecule has 0 N–H and O–H groups in total. The molecular weight excluding hydrogens is 889 g/mol. The van der Waals surface area contributed by atoms with E-state index < -0.39 is 0 Å². The quantitative estimate of drug-likeness (QED) is 0.106. The van der Waals surface area contributed by atoms with Crippen molar-refractivity contribution in [2.45, 2.75) is 0 Å². The number of nitriles is 2. The van der Waals surface area contributed by atoms with Crippen molar-refractivity contribution >= 4 is 43.7 Å². The molecule has 12 heteroatoms. The third-order valence-electron chi connectivity index (χ3n) is 12.6. The Morgan fingerprint density at radius 3 is 1.18 bits per heavy atom. The molecule has 12 aromatic rings. The molecule has 0 atom stereocenters. The van der Waals surface area contributed by atoms with Crippen LogP contribution in [0.3, 0.4) is 0 Å². The Morgan fingerprint density at radius 2 is 0.750 bits per heavy atom. The second kappa shape index (κ2) is 17.6. The van der Waals surface area contributed by atoms with Crippen molar-refractivity contribution in [1.82, 2.24) is 39.9 Å². The van der Waals surface area contributed by atoms with Crippen molar-refractivity contribution in [3.05, 3.63) is 217 Å². The van der Waals surface area contributed by atoms with Gasteiger partial charge in [-0.1, -0.05) is 48.5 Å². The van der Waals surface area contributed by atoms with Crippen LogP contribution in [-0.4, -0.2) is 39.9 Å². The summed E-state index contributed by atoms with van der Waals surface area (Å²) in [5, 5.41) is 25.2. The molecule has 0 spiro atoms. The summed E-state index contributed by atoms with van der Waals surface area (Å²) in [6.45, 7) is 15.3. The molecule has 12 rings (SSSR count). The summed E-state index contributed by atoms with van der Waals surface area (Å²) in [5.74, 6) is 0. The minimum Gasteiger partial charge on any atom is -0.276 e. The lowest BCUT2D eigenvalue weighted by atomic mass is 9.83. The first-order valence-corrected chi connectivity index (χ1v) is 22.5. The monoisotopic (exact) mass is 918 g/mol. The fraction of sp³-hybridized carbons (Fsp3) is 0. The Balaban J connectivity index is 1.17. The average Bonchev–Trinajstić information content (AvgIpc) is 3.46. The van der Waals surface area contributed by atoms with Crippen molar-refractivity contribution in [2.75, 3.05) is 0 Å². The molecule has 0 radical (unpaired) electrons. The highest BCUT2D eigenvalue weighted by Gasteiger charge is 2.23. The van der Waals surface area contributed by atoms with Gasteiger partial charge >= 0.3 is 0 Å². The summed E-state index contributed by atoms with van der Waals surface area (Å²) >= 11 is 0. The predicted octanol–water partition coefficient (Wildman–Crippen LogP) is 13.9. The van der Waals surface area contributed by atoms with E-state index in [1.165, 1.54) is 18.6 Å². The van der Waals surface area contributed by atoms with Gasteiger partial charge in [0.1, 0.15) is 6.07 Å². The highest BCUT2D eigenvalue weighted by Crippen LogP contribution is 2.48. The molecule has 0 amide bonds. The molecule has 0 bridgehead atoms. The van der Waals surface area contributed by atoms with Crippen LogP contribution in [0.15, 0.2) is 183 Å². The molecule has 0 aliphatic carbocycles. The molecule has 4 aromatic carbocycles. The van der Waals surface area contributed by atoms with E-state index in [0.717, 1.165) is 65.7 Å². The normalized spacial score (nSPS) is 11.0. The SMILES string of the molecule is [C-]#[N+]c1cncc(-c2cccc(-c3cc(-c4cccc(-c5cncc(C#N)c5)n4)c4ccc5c(-c6cccc(-c7cc(C#N)ccn7)n6)cc(-c6cccc(-c7cncc([N+]#[C-])c7)n6)c6ccc3c4c65)n2)c1. The highest BCUT2D eigenvalue weighted by atomic mass is 14.8. The first-order chi connectivity index (χ1) is 35.5. The van der Waals surface area contributed by atoms with Gasteiger partial charge < -0.3 is 0 Å². The number of nitrogens with zero attached hydrogens (tertiary/aromatic N) is 12. The van der Waals surface area contributed by atoms with Crippen LogP contribution in [0.2, 0.25) is 0 Å². The molecule has 8 heterocycles. The second-order valence-electron chi connectivity index (χ2n) is 16.8. The van der Waals surface area contributed by atoms with Crippen molar-refractivity contribution in [1.29, 1.82) is 10.5 Å². The number of hydrogen-bond acceptors (Lipinski definition) is 10. The van der Waals surface area contributed by atoms with E-state index in [2.05, 4.69) is 78.2 Å². The zero-order chi connectivity index (χ0) is 48.7. The lowest BCUT2D eigenvalue weighted by Gasteiger charge is -2.21. The highest BCUT2D eigenvalue weighted by molar-refractivity contribution is 6.31. The number of hydrogen-bond donors (Lipinski definition) is 0. The molecule has 330 valence electrons. The van der Waals surface area contributed by atoms with Gasteiger partial charge in [-0.25, -0.2) is 29.6 Å². The number of pyridine rings is 8. The van der Waals surface area contributed by atoms with Gasteiger partial charge in [0, 0.05) is 82.3 Å². The van der Waals surface area contributed by atoms with Crippen molar-refractivity contribution in [2.24, 2.45) is 0 Å². The van der Waals surface area contributed by atoms with Crippen molar-refractivity contribution in [3.63, 3.8) is 0 Å². The minimum atomic E-state index is 0.415. The van der Waals surface area contributed by atoms with Gasteiger partial charge in [0.05, 0.1) is 81.6 Å². The van der Waals surface area contributed by atoms with Crippen molar-refractivity contribution in [3.8, 4) is 102 Å². The summed E-state index contributed by atoms with van der Waals surface area (Å²) < 4.78 is 0. The van der Waals surface area contributed by atoms with E-state index in [1.807, 2.05) is 72.8 Å². The Bertz CT molecular complexity index is 3810. The van der Waals surface area contributed by atoms with Crippen LogP contribution in [0.4, 0.5) is 11.4 Å². The van der Waals surface area contributed by atoms with E-state index in [1.54, 1.807) is 55.1 Å². The summed E-state index contributed by atoms with van der Waals surface area (Å²) in [6.07, 6.45) is 11.4. The Kier molecular flexibility index (Phi) is 10.4. The van der Waals surface area contributed by atoms with Crippen LogP contribution >= 0.6 is 0 Å². The lowest BCUT2D eigenvalue weighted by Crippen LogP contribution is -1.98. The van der Waals surface area contributed by atoms with E-state index in [9.17, 15) is 10.5 Å². The smallest absolute Gasteiger partial charge is 0.205 e. The maximum absolute atomic E-state index is 9.75. The number of benzene rings is 4. The maximum Gasteiger partial charge on any atom is 0.205 e.